The van der Waals surface area contributed by atoms with Crippen molar-refractivity contribution in [3.63, 3.8) is 0 Å². The Kier molecular flexibility index (Phi) is 51.9. The van der Waals surface area contributed by atoms with Gasteiger partial charge >= 0.3 is 0 Å². The van der Waals surface area contributed by atoms with E-state index in [-0.39, 0.29) is 12.5 Å². The van der Waals surface area contributed by atoms with Crippen molar-refractivity contribution in [2.24, 2.45) is 0 Å². The molecule has 0 aliphatic heterocycles. The van der Waals surface area contributed by atoms with E-state index in [0.29, 0.717) is 6.42 Å². The maximum atomic E-state index is 12.4. The van der Waals surface area contributed by atoms with Gasteiger partial charge in [-0.1, -0.05) is 252 Å². The lowest BCUT2D eigenvalue weighted by Crippen LogP contribution is -2.45. The van der Waals surface area contributed by atoms with Gasteiger partial charge in [0.15, 0.2) is 0 Å². The molecule has 0 aromatic rings. The second-order valence-electron chi connectivity index (χ2n) is 17.9. The van der Waals surface area contributed by atoms with Crippen LogP contribution in [0.15, 0.2) is 109 Å². The summed E-state index contributed by atoms with van der Waals surface area (Å²) in [6.45, 7) is 4.14. The number of rotatable bonds is 48. The van der Waals surface area contributed by atoms with E-state index in [2.05, 4.69) is 116 Å². The third-order valence-electron chi connectivity index (χ3n) is 11.7. The van der Waals surface area contributed by atoms with E-state index in [1.165, 1.54) is 148 Å². The van der Waals surface area contributed by atoms with Crippen molar-refractivity contribution >= 4 is 5.91 Å². The van der Waals surface area contributed by atoms with Crippen molar-refractivity contribution in [2.45, 2.75) is 257 Å². The molecule has 1 amide bonds. The molecule has 2 atom stereocenters. The van der Waals surface area contributed by atoms with Crippen LogP contribution in [0.25, 0.3) is 0 Å². The molecule has 0 saturated carbocycles. The van der Waals surface area contributed by atoms with Gasteiger partial charge in [-0.15, -0.1) is 0 Å². The molecule has 0 saturated heterocycles. The normalized spacial score (nSPS) is 13.8. The van der Waals surface area contributed by atoms with Crippen molar-refractivity contribution in [3.05, 3.63) is 109 Å². The second kappa shape index (κ2) is 54.4. The maximum Gasteiger partial charge on any atom is 0.220 e. The summed E-state index contributed by atoms with van der Waals surface area (Å²) in [5.74, 6) is -0.0801. The Labute approximate surface area is 397 Å². The fraction of sp³-hybridized carbons (Fsp3) is 0.683. The lowest BCUT2D eigenvalue weighted by atomic mass is 10.0. The number of hydrogen-bond donors (Lipinski definition) is 3. The zero-order chi connectivity index (χ0) is 46.3. The minimum atomic E-state index is -0.872. The Morgan fingerprint density at radius 3 is 1.09 bits per heavy atom. The number of hydrogen-bond acceptors (Lipinski definition) is 3. The summed E-state index contributed by atoms with van der Waals surface area (Å²) < 4.78 is 0. The van der Waals surface area contributed by atoms with Crippen molar-refractivity contribution in [2.75, 3.05) is 6.61 Å². The number of carbonyl (C=O) groups excluding carboxylic acids is 1. The summed E-state index contributed by atoms with van der Waals surface area (Å²) in [6, 6.07) is -0.648. The van der Waals surface area contributed by atoms with E-state index < -0.39 is 12.1 Å². The number of aliphatic hydroxyl groups is 2. The Hall–Kier alpha value is -2.95. The summed E-state index contributed by atoms with van der Waals surface area (Å²) in [5.41, 5.74) is 0. The number of unbranched alkanes of at least 4 members (excludes halogenated alkanes) is 25. The third-order valence-corrected chi connectivity index (χ3v) is 11.7. The smallest absolute Gasteiger partial charge is 0.220 e. The van der Waals surface area contributed by atoms with Gasteiger partial charge in [-0.2, -0.15) is 0 Å². The van der Waals surface area contributed by atoms with Crippen LogP contribution in [0.1, 0.15) is 245 Å². The van der Waals surface area contributed by atoms with E-state index >= 15 is 0 Å². The van der Waals surface area contributed by atoms with Gasteiger partial charge in [0, 0.05) is 6.42 Å². The minimum Gasteiger partial charge on any atom is -0.394 e. The third kappa shape index (κ3) is 50.1. The lowest BCUT2D eigenvalue weighted by Gasteiger charge is -2.19. The Morgan fingerprint density at radius 1 is 0.391 bits per heavy atom. The van der Waals surface area contributed by atoms with Crippen LogP contribution >= 0.6 is 0 Å². The first kappa shape index (κ1) is 61.1. The summed E-state index contributed by atoms with van der Waals surface area (Å²) >= 11 is 0. The van der Waals surface area contributed by atoms with Gasteiger partial charge in [0.25, 0.3) is 0 Å². The Bertz CT molecular complexity index is 1230. The molecule has 4 heteroatoms. The second-order valence-corrected chi connectivity index (χ2v) is 17.9. The van der Waals surface area contributed by atoms with E-state index in [9.17, 15) is 15.0 Å². The van der Waals surface area contributed by atoms with Crippen LogP contribution in [0.2, 0.25) is 0 Å². The Morgan fingerprint density at radius 2 is 0.703 bits per heavy atom. The molecule has 0 fully saturated rings. The predicted octanol–water partition coefficient (Wildman–Crippen LogP) is 17.9. The highest BCUT2D eigenvalue weighted by Gasteiger charge is 2.17. The molecular formula is C60H103NO3. The molecule has 64 heavy (non-hydrogen) atoms. The average molecular weight is 886 g/mol. The molecule has 0 aliphatic carbocycles. The first-order valence-electron chi connectivity index (χ1n) is 27.1. The van der Waals surface area contributed by atoms with Crippen LogP contribution in [0.5, 0.6) is 0 Å². The van der Waals surface area contributed by atoms with Crippen LogP contribution in [0, 0.1) is 0 Å². The molecule has 0 heterocycles. The molecule has 2 unspecified atom stereocenters. The zero-order valence-corrected chi connectivity index (χ0v) is 42.0. The number of nitrogens with one attached hydrogen (secondary N) is 1. The average Bonchev–Trinajstić information content (AvgIpc) is 3.30. The maximum absolute atomic E-state index is 12.4. The quantitative estimate of drug-likeness (QED) is 0.0421. The van der Waals surface area contributed by atoms with E-state index in [1.54, 1.807) is 6.08 Å². The Balaban J connectivity index is 3.49. The summed E-state index contributed by atoms with van der Waals surface area (Å²) in [6.07, 6.45) is 82.5. The molecule has 0 aromatic heterocycles. The SMILES string of the molecule is CC/C=C\C/C=C\C/C=C\C/C=C\C/C=C\C/C=C\CCCCCCCCCCCCCCCCCCCCCCC(=O)NC(CO)C(O)/C=C/CC/C=C/CC/C=C/CCCCC. The highest BCUT2D eigenvalue weighted by Crippen LogP contribution is 2.16. The van der Waals surface area contributed by atoms with Crippen molar-refractivity contribution in [1.29, 1.82) is 0 Å². The van der Waals surface area contributed by atoms with E-state index in [1.807, 2.05) is 6.08 Å². The zero-order valence-electron chi connectivity index (χ0n) is 42.0. The molecular weight excluding hydrogens is 783 g/mol. The van der Waals surface area contributed by atoms with Crippen LogP contribution in [0.4, 0.5) is 0 Å². The topological polar surface area (TPSA) is 69.6 Å². The number of carbonyl (C=O) groups is 1. The largest absolute Gasteiger partial charge is 0.394 e. The number of amides is 1. The van der Waals surface area contributed by atoms with Crippen molar-refractivity contribution < 1.29 is 15.0 Å². The number of allylic oxidation sites excluding steroid dienone is 17. The molecule has 366 valence electrons. The molecule has 0 bridgehead atoms. The summed E-state index contributed by atoms with van der Waals surface area (Å²) in [5, 5.41) is 23.0. The number of aliphatic hydroxyl groups excluding tert-OH is 2. The van der Waals surface area contributed by atoms with Gasteiger partial charge in [-0.3, -0.25) is 4.79 Å². The fourth-order valence-electron chi connectivity index (χ4n) is 7.63. The molecule has 0 aromatic carbocycles. The summed E-state index contributed by atoms with van der Waals surface area (Å²) in [7, 11) is 0. The molecule has 3 N–H and O–H groups in total. The first-order chi connectivity index (χ1) is 31.7. The summed E-state index contributed by atoms with van der Waals surface area (Å²) in [4.78, 5) is 12.4. The van der Waals surface area contributed by atoms with E-state index in [0.717, 1.165) is 77.0 Å². The van der Waals surface area contributed by atoms with Gasteiger partial charge in [-0.05, 0) is 96.3 Å². The highest BCUT2D eigenvalue weighted by molar-refractivity contribution is 5.76. The lowest BCUT2D eigenvalue weighted by molar-refractivity contribution is -0.123. The van der Waals surface area contributed by atoms with Gasteiger partial charge in [0.2, 0.25) is 5.91 Å². The highest BCUT2D eigenvalue weighted by atomic mass is 16.3. The van der Waals surface area contributed by atoms with Crippen LogP contribution in [0.3, 0.4) is 0 Å². The van der Waals surface area contributed by atoms with Crippen LogP contribution in [-0.4, -0.2) is 34.9 Å². The van der Waals surface area contributed by atoms with Crippen molar-refractivity contribution in [1.82, 2.24) is 5.32 Å². The van der Waals surface area contributed by atoms with E-state index in [4.69, 9.17) is 0 Å². The molecule has 0 rings (SSSR count). The standard InChI is InChI=1S/C60H103NO3/c1-3-5-7-9-11-13-15-17-18-19-20-21-22-23-24-25-26-27-28-29-30-31-32-33-34-35-36-37-38-39-40-41-42-44-46-48-50-52-54-56-60(64)61-58(57-62)59(63)55-53-51-49-47-45-43-16-14-12-10-8-6-4-2/h5,7,11-14,17-18,20-21,23-24,26-27,45,47,53,55,58-59,62-63H,3-4,6,8-10,15-16,19,22,25,28-44,46,48-52,54,56-57H2,1-2H3,(H,61,64)/b7-5-,13-11-,14-12+,18-17-,21-20-,24-23-,27-26-,47-45+,55-53+. The molecule has 0 aliphatic rings. The van der Waals surface area contributed by atoms with Crippen LogP contribution < -0.4 is 5.32 Å². The predicted molar refractivity (Wildman–Crippen MR) is 285 cm³/mol. The van der Waals surface area contributed by atoms with Gasteiger partial charge in [0.1, 0.15) is 0 Å². The monoisotopic (exact) mass is 886 g/mol. The van der Waals surface area contributed by atoms with Gasteiger partial charge < -0.3 is 15.5 Å². The van der Waals surface area contributed by atoms with Crippen LogP contribution in [-0.2, 0) is 4.79 Å². The minimum absolute atomic E-state index is 0.0801. The molecule has 0 radical (unpaired) electrons. The molecule has 0 spiro atoms. The first-order valence-corrected chi connectivity index (χ1v) is 27.1. The van der Waals surface area contributed by atoms with Gasteiger partial charge in [0.05, 0.1) is 18.8 Å². The molecule has 4 nitrogen and oxygen atoms in total. The van der Waals surface area contributed by atoms with Crippen molar-refractivity contribution in [3.8, 4) is 0 Å². The van der Waals surface area contributed by atoms with Gasteiger partial charge in [-0.25, -0.2) is 0 Å². The fourth-order valence-corrected chi connectivity index (χ4v) is 7.63.